The Kier molecular flexibility index (Phi) is 4.86. The van der Waals surface area contributed by atoms with Crippen LogP contribution < -0.4 is 5.32 Å². The van der Waals surface area contributed by atoms with Crippen LogP contribution in [0.25, 0.3) is 0 Å². The number of carbonyl (C=O) groups is 2. The zero-order valence-corrected chi connectivity index (χ0v) is 12.3. The molecule has 0 aromatic carbocycles. The van der Waals surface area contributed by atoms with Crippen molar-refractivity contribution in [2.45, 2.75) is 57.2 Å². The summed E-state index contributed by atoms with van der Waals surface area (Å²) in [6, 6.07) is 0.901. The van der Waals surface area contributed by atoms with Gasteiger partial charge in [-0.2, -0.15) is 0 Å². The third kappa shape index (κ3) is 3.42. The van der Waals surface area contributed by atoms with Crippen LogP contribution in [0, 0.1) is 0 Å². The standard InChI is InChI=1S/C14H25N3O3/c1-3-17(9-13(18)19)12-7-10(8-12)15-14(20)16(2)11-5-4-6-11/h10-12H,3-9H2,1-2H3,(H,15,20)(H,18,19). The summed E-state index contributed by atoms with van der Waals surface area (Å²) >= 11 is 0. The number of hydrogen-bond donors (Lipinski definition) is 2. The molecule has 6 heteroatoms. The Hall–Kier alpha value is -1.30. The number of urea groups is 1. The summed E-state index contributed by atoms with van der Waals surface area (Å²) in [5.41, 5.74) is 0. The van der Waals surface area contributed by atoms with Crippen LogP contribution in [0.5, 0.6) is 0 Å². The van der Waals surface area contributed by atoms with Crippen molar-refractivity contribution in [1.29, 1.82) is 0 Å². The molecule has 2 fully saturated rings. The fraction of sp³-hybridized carbons (Fsp3) is 0.857. The third-order valence-corrected chi connectivity index (χ3v) is 4.64. The van der Waals surface area contributed by atoms with E-state index in [1.54, 1.807) is 0 Å². The van der Waals surface area contributed by atoms with Gasteiger partial charge in [-0.1, -0.05) is 6.92 Å². The van der Waals surface area contributed by atoms with Crippen molar-refractivity contribution < 1.29 is 14.7 Å². The Labute approximate surface area is 120 Å². The number of amides is 2. The molecule has 0 spiro atoms. The number of likely N-dealkylation sites (N-methyl/N-ethyl adjacent to an activating group) is 1. The van der Waals surface area contributed by atoms with Crippen molar-refractivity contribution >= 4 is 12.0 Å². The molecule has 2 rings (SSSR count). The quantitative estimate of drug-likeness (QED) is 0.766. The second-order valence-electron chi connectivity index (χ2n) is 5.92. The number of aliphatic carboxylic acids is 1. The van der Waals surface area contributed by atoms with Gasteiger partial charge in [0.2, 0.25) is 0 Å². The van der Waals surface area contributed by atoms with Crippen LogP contribution in [-0.4, -0.2) is 65.2 Å². The van der Waals surface area contributed by atoms with E-state index in [4.69, 9.17) is 5.11 Å². The molecular formula is C14H25N3O3. The topological polar surface area (TPSA) is 72.9 Å². The van der Waals surface area contributed by atoms with Gasteiger partial charge in [0.15, 0.2) is 0 Å². The summed E-state index contributed by atoms with van der Waals surface area (Å²) < 4.78 is 0. The molecule has 0 aromatic heterocycles. The highest BCUT2D eigenvalue weighted by Crippen LogP contribution is 2.27. The molecular weight excluding hydrogens is 258 g/mol. The van der Waals surface area contributed by atoms with Gasteiger partial charge in [-0.05, 0) is 38.6 Å². The van der Waals surface area contributed by atoms with E-state index in [-0.39, 0.29) is 24.7 Å². The molecule has 0 atom stereocenters. The minimum atomic E-state index is -0.788. The molecule has 0 bridgehead atoms. The first-order chi connectivity index (χ1) is 9.51. The number of hydrogen-bond acceptors (Lipinski definition) is 3. The molecule has 0 aliphatic heterocycles. The molecule has 20 heavy (non-hydrogen) atoms. The van der Waals surface area contributed by atoms with Crippen LogP contribution in [0.15, 0.2) is 0 Å². The van der Waals surface area contributed by atoms with Crippen molar-refractivity contribution in [1.82, 2.24) is 15.1 Å². The van der Waals surface area contributed by atoms with E-state index in [9.17, 15) is 9.59 Å². The predicted molar refractivity (Wildman–Crippen MR) is 75.6 cm³/mol. The molecule has 0 radical (unpaired) electrons. The maximum atomic E-state index is 12.0. The van der Waals surface area contributed by atoms with Crippen LogP contribution in [0.1, 0.15) is 39.0 Å². The van der Waals surface area contributed by atoms with E-state index in [1.165, 1.54) is 6.42 Å². The van der Waals surface area contributed by atoms with E-state index >= 15 is 0 Å². The molecule has 114 valence electrons. The summed E-state index contributed by atoms with van der Waals surface area (Å²) in [5.74, 6) is -0.788. The summed E-state index contributed by atoms with van der Waals surface area (Å²) in [6.45, 7) is 2.79. The van der Waals surface area contributed by atoms with Gasteiger partial charge in [0.25, 0.3) is 0 Å². The van der Waals surface area contributed by atoms with Crippen molar-refractivity contribution in [2.75, 3.05) is 20.1 Å². The van der Waals surface area contributed by atoms with Gasteiger partial charge in [0.1, 0.15) is 0 Å². The van der Waals surface area contributed by atoms with Gasteiger partial charge >= 0.3 is 12.0 Å². The molecule has 0 heterocycles. The van der Waals surface area contributed by atoms with E-state index in [0.29, 0.717) is 6.04 Å². The molecule has 0 unspecified atom stereocenters. The Bertz CT molecular complexity index is 365. The van der Waals surface area contributed by atoms with E-state index in [0.717, 1.165) is 32.2 Å². The van der Waals surface area contributed by atoms with E-state index in [2.05, 4.69) is 5.32 Å². The molecule has 6 nitrogen and oxygen atoms in total. The Morgan fingerprint density at radius 2 is 1.90 bits per heavy atom. The third-order valence-electron chi connectivity index (χ3n) is 4.64. The Morgan fingerprint density at radius 1 is 1.25 bits per heavy atom. The summed E-state index contributed by atoms with van der Waals surface area (Å²) in [4.78, 5) is 26.5. The van der Waals surface area contributed by atoms with Crippen LogP contribution >= 0.6 is 0 Å². The van der Waals surface area contributed by atoms with Crippen molar-refractivity contribution in [3.05, 3.63) is 0 Å². The molecule has 2 aliphatic carbocycles. The van der Waals surface area contributed by atoms with Crippen LogP contribution in [0.4, 0.5) is 4.79 Å². The Balaban J connectivity index is 1.70. The maximum absolute atomic E-state index is 12.0. The number of carboxylic acids is 1. The number of rotatable bonds is 6. The largest absolute Gasteiger partial charge is 0.480 e. The molecule has 2 saturated carbocycles. The van der Waals surface area contributed by atoms with Gasteiger partial charge in [0, 0.05) is 25.2 Å². The lowest BCUT2D eigenvalue weighted by molar-refractivity contribution is -0.139. The summed E-state index contributed by atoms with van der Waals surface area (Å²) in [6.07, 6.45) is 5.14. The lowest BCUT2D eigenvalue weighted by Crippen LogP contribution is -2.57. The number of carbonyl (C=O) groups excluding carboxylic acids is 1. The van der Waals surface area contributed by atoms with Crippen LogP contribution in [0.2, 0.25) is 0 Å². The summed E-state index contributed by atoms with van der Waals surface area (Å²) in [5, 5.41) is 11.9. The average molecular weight is 283 g/mol. The lowest BCUT2D eigenvalue weighted by Gasteiger charge is -2.43. The first-order valence-electron chi connectivity index (χ1n) is 7.50. The smallest absolute Gasteiger partial charge is 0.317 e. The van der Waals surface area contributed by atoms with Crippen molar-refractivity contribution in [2.24, 2.45) is 0 Å². The molecule has 0 saturated heterocycles. The normalized spacial score (nSPS) is 25.8. The minimum absolute atomic E-state index is 0.0134. The predicted octanol–water partition coefficient (Wildman–Crippen LogP) is 1.12. The monoisotopic (exact) mass is 283 g/mol. The lowest BCUT2D eigenvalue weighted by atomic mass is 9.85. The highest BCUT2D eigenvalue weighted by molar-refractivity contribution is 5.74. The molecule has 2 N–H and O–H groups in total. The zero-order chi connectivity index (χ0) is 14.7. The number of carboxylic acid groups (broad SMARTS) is 1. The minimum Gasteiger partial charge on any atom is -0.480 e. The number of nitrogens with one attached hydrogen (secondary N) is 1. The first-order valence-corrected chi connectivity index (χ1v) is 7.50. The SMILES string of the molecule is CCN(CC(=O)O)C1CC(NC(=O)N(C)C2CCC2)C1. The zero-order valence-electron chi connectivity index (χ0n) is 12.3. The average Bonchev–Trinajstić information content (AvgIpc) is 2.27. The van der Waals surface area contributed by atoms with E-state index in [1.807, 2.05) is 23.8 Å². The molecule has 2 aliphatic rings. The number of nitrogens with zero attached hydrogens (tertiary/aromatic N) is 2. The van der Waals surface area contributed by atoms with Gasteiger partial charge in [-0.3, -0.25) is 9.69 Å². The highest BCUT2D eigenvalue weighted by atomic mass is 16.4. The summed E-state index contributed by atoms with van der Waals surface area (Å²) in [7, 11) is 1.86. The maximum Gasteiger partial charge on any atom is 0.317 e. The van der Waals surface area contributed by atoms with Crippen LogP contribution in [-0.2, 0) is 4.79 Å². The van der Waals surface area contributed by atoms with Gasteiger partial charge in [-0.25, -0.2) is 4.79 Å². The second kappa shape index (κ2) is 6.43. The molecule has 2 amide bonds. The Morgan fingerprint density at radius 3 is 2.35 bits per heavy atom. The van der Waals surface area contributed by atoms with Gasteiger partial charge in [-0.15, -0.1) is 0 Å². The van der Waals surface area contributed by atoms with E-state index < -0.39 is 5.97 Å². The second-order valence-corrected chi connectivity index (χ2v) is 5.92. The van der Waals surface area contributed by atoms with Crippen molar-refractivity contribution in [3.8, 4) is 0 Å². The van der Waals surface area contributed by atoms with Gasteiger partial charge in [0.05, 0.1) is 6.54 Å². The highest BCUT2D eigenvalue weighted by Gasteiger charge is 2.36. The van der Waals surface area contributed by atoms with Crippen molar-refractivity contribution in [3.63, 3.8) is 0 Å². The van der Waals surface area contributed by atoms with Crippen LogP contribution in [0.3, 0.4) is 0 Å². The fourth-order valence-corrected chi connectivity index (χ4v) is 2.89. The molecule has 0 aromatic rings. The first kappa shape index (κ1) is 15.1. The van der Waals surface area contributed by atoms with Gasteiger partial charge < -0.3 is 15.3 Å². The fourth-order valence-electron chi connectivity index (χ4n) is 2.89.